The molecule has 2 saturated heterocycles. The van der Waals surface area contributed by atoms with E-state index in [0.717, 1.165) is 73.3 Å². The molecule has 4 bridgehead atoms. The standard InChI is InChI=1S/C32H33F3N8O3.C17H15F3N2/c1-31(2,3)46-30(45)36-13-15-42-19-26(39-40-42)21-7-5-9-23(17-21)37-29(44)43-24-12-14-41(18-24)27-11-10-25(38-28(27)43)20-6-4-8-22(16-20)32(33,34)35;18-17(19,20)13-3-1-2-12(9-13)14-4-5-16-15(21-14)8-11-6-7-22(16)10-11/h4-11,16-17,19,24H,12-15,18H2,1-3H3,(H,36,45)(H,37,44);1-5,9,11H,6-8,10H2/t24-;11-/m01/s1. The van der Waals surface area contributed by atoms with Crippen molar-refractivity contribution in [1.82, 2.24) is 30.3 Å². The maximum Gasteiger partial charge on any atom is 0.416 e. The van der Waals surface area contributed by atoms with Gasteiger partial charge in [0.05, 0.1) is 58.4 Å². The van der Waals surface area contributed by atoms with Gasteiger partial charge in [0, 0.05) is 55.1 Å². The lowest BCUT2D eigenvalue weighted by Crippen LogP contribution is -2.48. The molecule has 2 fully saturated rings. The van der Waals surface area contributed by atoms with Crippen molar-refractivity contribution in [2.45, 2.75) is 70.6 Å². The molecule has 4 aliphatic heterocycles. The quantitative estimate of drug-likeness (QED) is 0.150. The highest BCUT2D eigenvalue weighted by Gasteiger charge is 2.41. The number of alkyl carbamates (subject to hydrolysis) is 1. The fraction of sp³-hybridized carbons (Fsp3) is 0.347. The number of pyridine rings is 2. The summed E-state index contributed by atoms with van der Waals surface area (Å²) in [5.41, 5.74) is 4.55. The van der Waals surface area contributed by atoms with Crippen LogP contribution in [0.3, 0.4) is 0 Å². The number of ether oxygens (including phenoxy) is 1. The zero-order chi connectivity index (χ0) is 48.0. The molecule has 3 aromatic heterocycles. The molecular weight excluding hydrogens is 891 g/mol. The SMILES string of the molecule is CC(C)(C)OC(=O)NCCn1cc(-c2cccc(NC(=O)N3c4nc(-c5cccc(C(F)(F)F)c5)ccc4N4CC[C@H]3C4)c2)nn1.FC(F)(F)c1cccc(-c2ccc3c(n2)C[C@H]2CCN3C2)c1. The van der Waals surface area contributed by atoms with Crippen LogP contribution in [0.4, 0.5) is 58.8 Å². The van der Waals surface area contributed by atoms with Crippen molar-refractivity contribution in [2.75, 3.05) is 52.7 Å². The van der Waals surface area contributed by atoms with E-state index in [2.05, 4.69) is 35.7 Å². The van der Waals surface area contributed by atoms with E-state index in [1.54, 1.807) is 72.9 Å². The van der Waals surface area contributed by atoms with Gasteiger partial charge in [-0.1, -0.05) is 41.6 Å². The third-order valence-electron chi connectivity index (χ3n) is 12.2. The van der Waals surface area contributed by atoms with Gasteiger partial charge in [0.2, 0.25) is 0 Å². The van der Waals surface area contributed by atoms with Crippen LogP contribution in [0.1, 0.15) is 50.4 Å². The Hall–Kier alpha value is -7.18. The number of carbonyl (C=O) groups excluding carboxylic acids is 2. The van der Waals surface area contributed by atoms with E-state index in [4.69, 9.17) is 9.72 Å². The minimum atomic E-state index is -4.48. The third kappa shape index (κ3) is 10.2. The Morgan fingerprint density at radius 2 is 1.34 bits per heavy atom. The summed E-state index contributed by atoms with van der Waals surface area (Å²) in [6.45, 7) is 9.56. The average Bonchev–Trinajstić information content (AvgIpc) is 4.05. The highest BCUT2D eigenvalue weighted by atomic mass is 19.4. The molecule has 7 heterocycles. The molecule has 354 valence electrons. The molecule has 0 radical (unpaired) electrons. The van der Waals surface area contributed by atoms with Crippen LogP contribution in [-0.4, -0.2) is 81.5 Å². The van der Waals surface area contributed by atoms with Gasteiger partial charge in [-0.2, -0.15) is 26.3 Å². The number of urea groups is 1. The second-order valence-electron chi connectivity index (χ2n) is 18.2. The zero-order valence-corrected chi connectivity index (χ0v) is 37.4. The molecule has 0 aliphatic carbocycles. The van der Waals surface area contributed by atoms with E-state index in [1.807, 2.05) is 24.3 Å². The Morgan fingerprint density at radius 3 is 2.01 bits per heavy atom. The maximum atomic E-state index is 13.8. The molecule has 10 rings (SSSR count). The first-order valence-electron chi connectivity index (χ1n) is 22.3. The van der Waals surface area contributed by atoms with Crippen molar-refractivity contribution < 1.29 is 40.7 Å². The molecule has 2 N–H and O–H groups in total. The summed E-state index contributed by atoms with van der Waals surface area (Å²) in [5.74, 6) is 1.04. The summed E-state index contributed by atoms with van der Waals surface area (Å²) in [6, 6.07) is 24.4. The molecule has 0 unspecified atom stereocenters. The van der Waals surface area contributed by atoms with Crippen LogP contribution < -0.4 is 25.3 Å². The van der Waals surface area contributed by atoms with E-state index in [-0.39, 0.29) is 6.04 Å². The van der Waals surface area contributed by atoms with Gasteiger partial charge in [0.25, 0.3) is 0 Å². The average molecular weight is 939 g/mol. The Morgan fingerprint density at radius 1 is 0.721 bits per heavy atom. The van der Waals surface area contributed by atoms with Gasteiger partial charge in [-0.15, -0.1) is 5.10 Å². The van der Waals surface area contributed by atoms with E-state index >= 15 is 0 Å². The molecule has 0 spiro atoms. The molecular formula is C49H48F6N10O3. The van der Waals surface area contributed by atoms with Gasteiger partial charge in [-0.3, -0.25) is 14.6 Å². The Kier molecular flexibility index (Phi) is 12.3. The molecule has 3 amide bonds. The fourth-order valence-electron chi connectivity index (χ4n) is 8.99. The molecule has 19 heteroatoms. The number of aromatic nitrogens is 5. The second kappa shape index (κ2) is 18.1. The number of fused-ring (bicyclic) bond motifs is 8. The lowest BCUT2D eigenvalue weighted by molar-refractivity contribution is -0.138. The van der Waals surface area contributed by atoms with Crippen molar-refractivity contribution >= 4 is 35.0 Å². The number of halogens is 6. The first-order valence-corrected chi connectivity index (χ1v) is 22.3. The topological polar surface area (TPSA) is 134 Å². The van der Waals surface area contributed by atoms with E-state index < -0.39 is 41.2 Å². The van der Waals surface area contributed by atoms with Gasteiger partial charge in [0.15, 0.2) is 5.82 Å². The normalized spacial score (nSPS) is 17.2. The van der Waals surface area contributed by atoms with Crippen molar-refractivity contribution in [2.24, 2.45) is 5.92 Å². The molecule has 0 saturated carbocycles. The Balaban J connectivity index is 0.000000217. The maximum absolute atomic E-state index is 13.8. The van der Waals surface area contributed by atoms with E-state index in [0.29, 0.717) is 65.3 Å². The number of rotatable bonds is 7. The summed E-state index contributed by atoms with van der Waals surface area (Å²) < 4.78 is 85.5. The lowest BCUT2D eigenvalue weighted by Gasteiger charge is -2.36. The van der Waals surface area contributed by atoms with Crippen LogP contribution in [0.5, 0.6) is 0 Å². The molecule has 6 aromatic rings. The summed E-state index contributed by atoms with van der Waals surface area (Å²) in [5, 5.41) is 14.0. The van der Waals surface area contributed by atoms with Crippen molar-refractivity contribution in [1.29, 1.82) is 0 Å². The predicted molar refractivity (Wildman–Crippen MR) is 245 cm³/mol. The molecule has 68 heavy (non-hydrogen) atoms. The fourth-order valence-corrected chi connectivity index (χ4v) is 8.99. The number of hydrogen-bond donors (Lipinski definition) is 2. The van der Waals surface area contributed by atoms with E-state index in [9.17, 15) is 35.9 Å². The highest BCUT2D eigenvalue weighted by Crippen LogP contribution is 2.42. The molecule has 2 atom stereocenters. The molecule has 4 aliphatic rings. The van der Waals surface area contributed by atoms with Gasteiger partial charge in [-0.25, -0.2) is 14.6 Å². The minimum Gasteiger partial charge on any atom is -0.444 e. The van der Waals surface area contributed by atoms with Crippen LogP contribution in [0.25, 0.3) is 33.8 Å². The van der Waals surface area contributed by atoms with Crippen LogP contribution in [-0.2, 0) is 30.1 Å². The van der Waals surface area contributed by atoms with Gasteiger partial charge in [0.1, 0.15) is 11.3 Å². The number of benzene rings is 3. The van der Waals surface area contributed by atoms with Crippen LogP contribution in [0.2, 0.25) is 0 Å². The number of nitrogens with zero attached hydrogens (tertiary/aromatic N) is 8. The monoisotopic (exact) mass is 938 g/mol. The van der Waals surface area contributed by atoms with Crippen LogP contribution in [0.15, 0.2) is 103 Å². The summed E-state index contributed by atoms with van der Waals surface area (Å²) >= 11 is 0. The summed E-state index contributed by atoms with van der Waals surface area (Å²) in [7, 11) is 0. The Bertz CT molecular complexity index is 2840. The number of alkyl halides is 6. The predicted octanol–water partition coefficient (Wildman–Crippen LogP) is 10.3. The molecule has 3 aromatic carbocycles. The first kappa shape index (κ1) is 46.0. The number of anilines is 4. The number of nitrogens with one attached hydrogen (secondary N) is 2. The van der Waals surface area contributed by atoms with Gasteiger partial charge in [-0.05, 0) is 107 Å². The summed E-state index contributed by atoms with van der Waals surface area (Å²) in [6.07, 6.45) is -4.74. The number of carbonyl (C=O) groups is 2. The Labute approximate surface area is 388 Å². The number of hydrogen-bond acceptors (Lipinski definition) is 9. The third-order valence-corrected chi connectivity index (χ3v) is 12.2. The first-order chi connectivity index (χ1) is 32.3. The van der Waals surface area contributed by atoms with Crippen molar-refractivity contribution in [3.63, 3.8) is 0 Å². The van der Waals surface area contributed by atoms with Gasteiger partial charge < -0.3 is 25.2 Å². The lowest BCUT2D eigenvalue weighted by atomic mass is 9.98. The number of amides is 3. The zero-order valence-electron chi connectivity index (χ0n) is 37.4. The smallest absolute Gasteiger partial charge is 0.416 e. The van der Waals surface area contributed by atoms with Crippen molar-refractivity contribution in [3.05, 3.63) is 120 Å². The van der Waals surface area contributed by atoms with E-state index in [1.165, 1.54) is 24.6 Å². The second-order valence-corrected chi connectivity index (χ2v) is 18.2. The highest BCUT2D eigenvalue weighted by molar-refractivity contribution is 6.05. The van der Waals surface area contributed by atoms with Gasteiger partial charge >= 0.3 is 24.5 Å². The van der Waals surface area contributed by atoms with Crippen LogP contribution >= 0.6 is 0 Å². The largest absolute Gasteiger partial charge is 0.444 e. The van der Waals surface area contributed by atoms with Crippen molar-refractivity contribution in [3.8, 4) is 33.8 Å². The van der Waals surface area contributed by atoms with Crippen LogP contribution in [0, 0.1) is 5.92 Å². The minimum absolute atomic E-state index is 0.144. The summed E-state index contributed by atoms with van der Waals surface area (Å²) in [4.78, 5) is 41.1. The molecule has 13 nitrogen and oxygen atoms in total.